The number of ether oxygens (including phenoxy) is 1. The van der Waals surface area contributed by atoms with Gasteiger partial charge in [0.1, 0.15) is 5.60 Å². The molecule has 2 atom stereocenters. The van der Waals surface area contributed by atoms with E-state index in [1.807, 2.05) is 25.7 Å². The summed E-state index contributed by atoms with van der Waals surface area (Å²) in [5.74, 6) is 0. The summed E-state index contributed by atoms with van der Waals surface area (Å²) in [6, 6.07) is 0.838. The number of hydrogen-bond donors (Lipinski definition) is 1. The second-order valence-corrected chi connectivity index (χ2v) is 5.73. The standard InChI is InChI=1S/C12H22N2O2/c1-12(2,3)16-11(15)14-8-6-9-10(14)5-4-7-13-9/h9-10,13H,4-8H2,1-3H3/t9?,10-/m1/s1. The van der Waals surface area contributed by atoms with E-state index in [-0.39, 0.29) is 6.09 Å². The Morgan fingerprint density at radius 3 is 2.81 bits per heavy atom. The van der Waals surface area contributed by atoms with Crippen LogP contribution in [0, 0.1) is 0 Å². The van der Waals surface area contributed by atoms with Crippen LogP contribution in [0.5, 0.6) is 0 Å². The fourth-order valence-corrected chi connectivity index (χ4v) is 2.59. The van der Waals surface area contributed by atoms with Crippen LogP contribution in [0.3, 0.4) is 0 Å². The Balaban J connectivity index is 1.97. The summed E-state index contributed by atoms with van der Waals surface area (Å²) in [6.07, 6.45) is 3.17. The van der Waals surface area contributed by atoms with E-state index in [0.717, 1.165) is 32.4 Å². The lowest BCUT2D eigenvalue weighted by Crippen LogP contribution is -2.49. The maximum absolute atomic E-state index is 12.0. The minimum atomic E-state index is -0.392. The van der Waals surface area contributed by atoms with E-state index in [1.165, 1.54) is 0 Å². The van der Waals surface area contributed by atoms with Gasteiger partial charge < -0.3 is 15.0 Å². The molecule has 0 aromatic rings. The molecule has 1 N–H and O–H groups in total. The molecule has 0 spiro atoms. The summed E-state index contributed by atoms with van der Waals surface area (Å²) < 4.78 is 5.43. The van der Waals surface area contributed by atoms with Crippen molar-refractivity contribution in [3.05, 3.63) is 0 Å². The van der Waals surface area contributed by atoms with Gasteiger partial charge in [-0.15, -0.1) is 0 Å². The highest BCUT2D eigenvalue weighted by Gasteiger charge is 2.39. The van der Waals surface area contributed by atoms with Gasteiger partial charge >= 0.3 is 6.09 Å². The van der Waals surface area contributed by atoms with Crippen molar-refractivity contribution in [2.45, 2.75) is 57.7 Å². The van der Waals surface area contributed by atoms with E-state index in [1.54, 1.807) is 0 Å². The number of likely N-dealkylation sites (tertiary alicyclic amines) is 1. The van der Waals surface area contributed by atoms with E-state index in [4.69, 9.17) is 4.74 Å². The number of nitrogens with one attached hydrogen (secondary N) is 1. The van der Waals surface area contributed by atoms with Gasteiger partial charge in [-0.3, -0.25) is 0 Å². The van der Waals surface area contributed by atoms with Gasteiger partial charge in [0.05, 0.1) is 6.04 Å². The Kier molecular flexibility index (Phi) is 3.10. The second-order valence-electron chi connectivity index (χ2n) is 5.73. The fraction of sp³-hybridized carbons (Fsp3) is 0.917. The summed E-state index contributed by atoms with van der Waals surface area (Å²) in [5.41, 5.74) is -0.392. The Labute approximate surface area is 97.3 Å². The molecule has 2 fully saturated rings. The molecule has 2 heterocycles. The zero-order valence-electron chi connectivity index (χ0n) is 10.5. The maximum Gasteiger partial charge on any atom is 0.410 e. The van der Waals surface area contributed by atoms with Gasteiger partial charge in [0.15, 0.2) is 0 Å². The molecular weight excluding hydrogens is 204 g/mol. The zero-order chi connectivity index (χ0) is 11.8. The molecule has 16 heavy (non-hydrogen) atoms. The van der Waals surface area contributed by atoms with Gasteiger partial charge in [-0.2, -0.15) is 0 Å². The highest BCUT2D eigenvalue weighted by Crippen LogP contribution is 2.26. The van der Waals surface area contributed by atoms with Crippen molar-refractivity contribution in [3.63, 3.8) is 0 Å². The van der Waals surface area contributed by atoms with E-state index in [2.05, 4.69) is 5.32 Å². The van der Waals surface area contributed by atoms with E-state index in [0.29, 0.717) is 12.1 Å². The molecule has 2 rings (SSSR count). The van der Waals surface area contributed by atoms with Gasteiger partial charge in [0.2, 0.25) is 0 Å². The molecule has 2 aliphatic rings. The van der Waals surface area contributed by atoms with E-state index >= 15 is 0 Å². The van der Waals surface area contributed by atoms with Crippen LogP contribution in [0.25, 0.3) is 0 Å². The Hall–Kier alpha value is -0.770. The third-order valence-electron chi connectivity index (χ3n) is 3.26. The molecule has 92 valence electrons. The van der Waals surface area contributed by atoms with Crippen LogP contribution in [-0.4, -0.2) is 41.8 Å². The van der Waals surface area contributed by atoms with Gasteiger partial charge in [-0.25, -0.2) is 4.79 Å². The first kappa shape index (κ1) is 11.7. The van der Waals surface area contributed by atoms with Gasteiger partial charge in [0.25, 0.3) is 0 Å². The lowest BCUT2D eigenvalue weighted by molar-refractivity contribution is 0.0197. The first-order chi connectivity index (χ1) is 7.47. The van der Waals surface area contributed by atoms with Crippen molar-refractivity contribution in [3.8, 4) is 0 Å². The lowest BCUT2D eigenvalue weighted by Gasteiger charge is -2.33. The van der Waals surface area contributed by atoms with Crippen LogP contribution in [0.2, 0.25) is 0 Å². The highest BCUT2D eigenvalue weighted by molar-refractivity contribution is 5.69. The first-order valence-corrected chi connectivity index (χ1v) is 6.20. The molecule has 2 saturated heterocycles. The van der Waals surface area contributed by atoms with Crippen molar-refractivity contribution in [2.24, 2.45) is 0 Å². The maximum atomic E-state index is 12.0. The average Bonchev–Trinajstić information content (AvgIpc) is 2.58. The summed E-state index contributed by atoms with van der Waals surface area (Å²) >= 11 is 0. The lowest BCUT2D eigenvalue weighted by atomic mass is 10.00. The molecule has 4 nitrogen and oxygen atoms in total. The van der Waals surface area contributed by atoms with Crippen molar-refractivity contribution in [1.29, 1.82) is 0 Å². The predicted molar refractivity (Wildman–Crippen MR) is 62.4 cm³/mol. The fourth-order valence-electron chi connectivity index (χ4n) is 2.59. The minimum absolute atomic E-state index is 0.149. The molecule has 1 unspecified atom stereocenters. The summed E-state index contributed by atoms with van der Waals surface area (Å²) in [6.45, 7) is 7.66. The molecule has 0 radical (unpaired) electrons. The number of carbonyl (C=O) groups excluding carboxylic acids is 1. The topological polar surface area (TPSA) is 41.6 Å². The third kappa shape index (κ3) is 2.48. The van der Waals surface area contributed by atoms with Gasteiger partial charge in [-0.05, 0) is 46.6 Å². The first-order valence-electron chi connectivity index (χ1n) is 6.20. The summed E-state index contributed by atoms with van der Waals surface area (Å²) in [4.78, 5) is 13.9. The van der Waals surface area contributed by atoms with E-state index in [9.17, 15) is 4.79 Å². The largest absolute Gasteiger partial charge is 0.444 e. The van der Waals surface area contributed by atoms with Crippen LogP contribution in [-0.2, 0) is 4.74 Å². The van der Waals surface area contributed by atoms with Crippen LogP contribution in [0.4, 0.5) is 4.79 Å². The zero-order valence-corrected chi connectivity index (χ0v) is 10.5. The van der Waals surface area contributed by atoms with E-state index < -0.39 is 5.60 Å². The van der Waals surface area contributed by atoms with Crippen LogP contribution in [0.15, 0.2) is 0 Å². The quantitative estimate of drug-likeness (QED) is 0.684. The number of carbonyl (C=O) groups is 1. The number of amides is 1. The summed E-state index contributed by atoms with van der Waals surface area (Å²) in [5, 5.41) is 3.48. The second kappa shape index (κ2) is 4.24. The molecule has 0 saturated carbocycles. The summed E-state index contributed by atoms with van der Waals surface area (Å²) in [7, 11) is 0. The number of piperidine rings is 1. The average molecular weight is 226 g/mol. The number of fused-ring (bicyclic) bond motifs is 1. The predicted octanol–water partition coefficient (Wildman–Crippen LogP) is 1.75. The molecule has 0 aliphatic carbocycles. The third-order valence-corrected chi connectivity index (χ3v) is 3.26. The Morgan fingerprint density at radius 1 is 1.38 bits per heavy atom. The molecule has 0 aromatic carbocycles. The normalized spacial score (nSPS) is 30.1. The Morgan fingerprint density at radius 2 is 2.12 bits per heavy atom. The van der Waals surface area contributed by atoms with Crippen LogP contribution < -0.4 is 5.32 Å². The van der Waals surface area contributed by atoms with Crippen LogP contribution >= 0.6 is 0 Å². The van der Waals surface area contributed by atoms with Gasteiger partial charge in [0, 0.05) is 12.6 Å². The molecule has 1 amide bonds. The van der Waals surface area contributed by atoms with Crippen molar-refractivity contribution in [2.75, 3.05) is 13.1 Å². The molecule has 0 aromatic heterocycles. The molecular formula is C12H22N2O2. The van der Waals surface area contributed by atoms with Gasteiger partial charge in [-0.1, -0.05) is 0 Å². The smallest absolute Gasteiger partial charge is 0.410 e. The minimum Gasteiger partial charge on any atom is -0.444 e. The van der Waals surface area contributed by atoms with Crippen molar-refractivity contribution in [1.82, 2.24) is 10.2 Å². The number of nitrogens with zero attached hydrogens (tertiary/aromatic N) is 1. The Bertz CT molecular complexity index is 273. The molecule has 4 heteroatoms. The van der Waals surface area contributed by atoms with Crippen molar-refractivity contribution >= 4 is 6.09 Å². The highest BCUT2D eigenvalue weighted by atomic mass is 16.6. The monoisotopic (exact) mass is 226 g/mol. The molecule has 2 aliphatic heterocycles. The number of rotatable bonds is 0. The van der Waals surface area contributed by atoms with Crippen LogP contribution in [0.1, 0.15) is 40.0 Å². The number of hydrogen-bond acceptors (Lipinski definition) is 3. The van der Waals surface area contributed by atoms with Crippen molar-refractivity contribution < 1.29 is 9.53 Å². The molecule has 0 bridgehead atoms. The SMILES string of the molecule is CC(C)(C)OC(=O)N1CCC2NCCC[C@H]21.